The van der Waals surface area contributed by atoms with Gasteiger partial charge in [-0.2, -0.15) is 0 Å². The number of rotatable bonds is 11. The summed E-state index contributed by atoms with van der Waals surface area (Å²) in [5.41, 5.74) is 6.81. The maximum atomic E-state index is 14.6. The van der Waals surface area contributed by atoms with Crippen LogP contribution in [0, 0.1) is 25.6 Å². The molecule has 0 spiro atoms. The molecule has 1 aliphatic carbocycles. The van der Waals surface area contributed by atoms with Gasteiger partial charge in [-0.1, -0.05) is 24.3 Å². The lowest BCUT2D eigenvalue weighted by atomic mass is 9.94. The summed E-state index contributed by atoms with van der Waals surface area (Å²) in [5, 5.41) is 12.4. The van der Waals surface area contributed by atoms with Crippen molar-refractivity contribution in [2.45, 2.75) is 39.7 Å². The molecule has 0 unspecified atom stereocenters. The fraction of sp³-hybridized carbons (Fsp3) is 0.345. The third-order valence-corrected chi connectivity index (χ3v) is 6.43. The van der Waals surface area contributed by atoms with Gasteiger partial charge in [-0.3, -0.25) is 4.79 Å². The lowest BCUT2D eigenvalue weighted by Gasteiger charge is -2.15. The maximum absolute atomic E-state index is 14.6. The number of aliphatic carboxylic acids is 1. The molecule has 2 atom stereocenters. The van der Waals surface area contributed by atoms with E-state index in [2.05, 4.69) is 43.4 Å². The van der Waals surface area contributed by atoms with E-state index in [4.69, 9.17) is 14.6 Å². The first-order valence-electron chi connectivity index (χ1n) is 12.0. The number of carbonyl (C=O) groups is 1. The predicted molar refractivity (Wildman–Crippen MR) is 136 cm³/mol. The summed E-state index contributed by atoms with van der Waals surface area (Å²) in [7, 11) is 0. The SMILES string of the molecule is CCOCCOc1cc(C)c(-c2cccc(CNc3ccc([C@@H]4C[C@H]4C(=O)O)c(F)c3)c2)c(C)c1. The fourth-order valence-corrected chi connectivity index (χ4v) is 4.62. The van der Waals surface area contributed by atoms with Crippen LogP contribution in [0.1, 0.15) is 41.5 Å². The Morgan fingerprint density at radius 2 is 1.86 bits per heavy atom. The van der Waals surface area contributed by atoms with Crippen LogP contribution in [0.4, 0.5) is 10.1 Å². The average molecular weight is 478 g/mol. The van der Waals surface area contributed by atoms with Gasteiger partial charge >= 0.3 is 5.97 Å². The lowest BCUT2D eigenvalue weighted by Crippen LogP contribution is -2.06. The monoisotopic (exact) mass is 477 g/mol. The molecular formula is C29H32FNO4. The zero-order chi connectivity index (χ0) is 24.9. The topological polar surface area (TPSA) is 67.8 Å². The van der Waals surface area contributed by atoms with Gasteiger partial charge in [-0.25, -0.2) is 4.39 Å². The highest BCUT2D eigenvalue weighted by atomic mass is 19.1. The van der Waals surface area contributed by atoms with Crippen molar-refractivity contribution in [2.24, 2.45) is 5.92 Å². The van der Waals surface area contributed by atoms with Gasteiger partial charge in [-0.15, -0.1) is 0 Å². The largest absolute Gasteiger partial charge is 0.491 e. The Balaban J connectivity index is 1.42. The minimum absolute atomic E-state index is 0.217. The van der Waals surface area contributed by atoms with Crippen molar-refractivity contribution in [3.63, 3.8) is 0 Å². The van der Waals surface area contributed by atoms with Crippen molar-refractivity contribution in [1.29, 1.82) is 0 Å². The van der Waals surface area contributed by atoms with Crippen molar-refractivity contribution in [3.05, 3.63) is 82.7 Å². The number of benzene rings is 3. The third-order valence-electron chi connectivity index (χ3n) is 6.43. The summed E-state index contributed by atoms with van der Waals surface area (Å²) in [4.78, 5) is 11.1. The first-order chi connectivity index (χ1) is 16.9. The van der Waals surface area contributed by atoms with Crippen molar-refractivity contribution in [1.82, 2.24) is 0 Å². The number of aryl methyl sites for hydroxylation is 2. The number of anilines is 1. The zero-order valence-electron chi connectivity index (χ0n) is 20.4. The van der Waals surface area contributed by atoms with Crippen molar-refractivity contribution < 1.29 is 23.8 Å². The first-order valence-corrected chi connectivity index (χ1v) is 12.0. The average Bonchev–Trinajstić information content (AvgIpc) is 3.62. The standard InChI is InChI=1S/C29H32FNO4/c1-4-34-10-11-35-23-12-18(2)28(19(3)13-23)21-7-5-6-20(14-21)17-31-22-8-9-24(27(30)15-22)25-16-26(25)29(32)33/h5-9,12-15,25-26,31H,4,10-11,16-17H2,1-3H3,(H,32,33)/t25-,26+/m0/s1. The van der Waals surface area contributed by atoms with E-state index < -0.39 is 11.9 Å². The molecule has 0 heterocycles. The molecule has 1 fully saturated rings. The molecule has 3 aromatic rings. The molecule has 0 saturated heterocycles. The number of hydrogen-bond donors (Lipinski definition) is 2. The predicted octanol–water partition coefficient (Wildman–Crippen LogP) is 6.33. The molecule has 1 saturated carbocycles. The van der Waals surface area contributed by atoms with Gasteiger partial charge in [0.1, 0.15) is 18.2 Å². The van der Waals surface area contributed by atoms with Crippen LogP contribution in [0.3, 0.4) is 0 Å². The highest BCUT2D eigenvalue weighted by Crippen LogP contribution is 2.48. The van der Waals surface area contributed by atoms with Crippen molar-refractivity contribution in [3.8, 4) is 16.9 Å². The second kappa shape index (κ2) is 10.9. The van der Waals surface area contributed by atoms with Crippen LogP contribution >= 0.6 is 0 Å². The van der Waals surface area contributed by atoms with Gasteiger partial charge in [0.15, 0.2) is 0 Å². The summed E-state index contributed by atoms with van der Waals surface area (Å²) in [6.45, 7) is 8.46. The summed E-state index contributed by atoms with van der Waals surface area (Å²) in [5.74, 6) is -1.05. The molecule has 184 valence electrons. The maximum Gasteiger partial charge on any atom is 0.307 e. The van der Waals surface area contributed by atoms with E-state index in [1.165, 1.54) is 11.6 Å². The molecule has 1 aliphatic rings. The van der Waals surface area contributed by atoms with E-state index in [1.54, 1.807) is 6.07 Å². The number of hydrogen-bond acceptors (Lipinski definition) is 4. The molecule has 0 aromatic heterocycles. The van der Waals surface area contributed by atoms with E-state index >= 15 is 0 Å². The van der Waals surface area contributed by atoms with E-state index in [0.29, 0.717) is 44.0 Å². The van der Waals surface area contributed by atoms with Crippen LogP contribution < -0.4 is 10.1 Å². The molecular weight excluding hydrogens is 445 g/mol. The van der Waals surface area contributed by atoms with E-state index in [1.807, 2.05) is 25.1 Å². The Labute approximate surface area is 205 Å². The normalized spacial score (nSPS) is 16.7. The van der Waals surface area contributed by atoms with Crippen LogP contribution in [0.25, 0.3) is 11.1 Å². The van der Waals surface area contributed by atoms with Gasteiger partial charge in [0.25, 0.3) is 0 Å². The highest BCUT2D eigenvalue weighted by molar-refractivity contribution is 5.75. The van der Waals surface area contributed by atoms with Crippen LogP contribution in [0.5, 0.6) is 5.75 Å². The van der Waals surface area contributed by atoms with Crippen molar-refractivity contribution in [2.75, 3.05) is 25.1 Å². The number of halogens is 1. The van der Waals surface area contributed by atoms with Crippen LogP contribution in [0.15, 0.2) is 54.6 Å². The number of nitrogens with one attached hydrogen (secondary N) is 1. The molecule has 0 bridgehead atoms. The van der Waals surface area contributed by atoms with E-state index in [-0.39, 0.29) is 11.7 Å². The molecule has 4 rings (SSSR count). The third kappa shape index (κ3) is 6.01. The number of carboxylic acids is 1. The number of ether oxygens (including phenoxy) is 2. The molecule has 2 N–H and O–H groups in total. The van der Waals surface area contributed by atoms with E-state index in [9.17, 15) is 9.18 Å². The molecule has 0 aliphatic heterocycles. The van der Waals surface area contributed by atoms with Gasteiger partial charge in [0.2, 0.25) is 0 Å². The highest BCUT2D eigenvalue weighted by Gasteiger charge is 2.45. The Kier molecular flexibility index (Phi) is 7.71. The molecule has 3 aromatic carbocycles. The second-order valence-corrected chi connectivity index (χ2v) is 9.05. The smallest absolute Gasteiger partial charge is 0.307 e. The van der Waals surface area contributed by atoms with E-state index in [0.717, 1.165) is 28.0 Å². The summed E-state index contributed by atoms with van der Waals surface area (Å²) >= 11 is 0. The minimum Gasteiger partial charge on any atom is -0.491 e. The molecule has 0 radical (unpaired) electrons. The molecule has 35 heavy (non-hydrogen) atoms. The Morgan fingerprint density at radius 3 is 2.51 bits per heavy atom. The Bertz CT molecular complexity index is 1190. The van der Waals surface area contributed by atoms with Crippen LogP contribution in [0.2, 0.25) is 0 Å². The second-order valence-electron chi connectivity index (χ2n) is 9.05. The quantitative estimate of drug-likeness (QED) is 0.316. The molecule has 0 amide bonds. The number of carboxylic acid groups (broad SMARTS) is 1. The van der Waals surface area contributed by atoms with Gasteiger partial charge in [-0.05, 0) is 90.9 Å². The van der Waals surface area contributed by atoms with Gasteiger partial charge in [0.05, 0.1) is 12.5 Å². The fourth-order valence-electron chi connectivity index (χ4n) is 4.62. The lowest BCUT2D eigenvalue weighted by molar-refractivity contribution is -0.138. The Morgan fingerprint density at radius 1 is 1.09 bits per heavy atom. The van der Waals surface area contributed by atoms with Gasteiger partial charge in [0, 0.05) is 24.8 Å². The molecule has 5 nitrogen and oxygen atoms in total. The van der Waals surface area contributed by atoms with Crippen LogP contribution in [-0.4, -0.2) is 30.9 Å². The van der Waals surface area contributed by atoms with Gasteiger partial charge < -0.3 is 19.9 Å². The minimum atomic E-state index is -0.856. The summed E-state index contributed by atoms with van der Waals surface area (Å²) in [6, 6.07) is 17.4. The van der Waals surface area contributed by atoms with Crippen molar-refractivity contribution >= 4 is 11.7 Å². The van der Waals surface area contributed by atoms with Crippen LogP contribution in [-0.2, 0) is 16.1 Å². The first kappa shape index (κ1) is 24.7. The molecule has 6 heteroatoms. The zero-order valence-corrected chi connectivity index (χ0v) is 20.4. The summed E-state index contributed by atoms with van der Waals surface area (Å²) in [6.07, 6.45) is 0.505. The summed E-state index contributed by atoms with van der Waals surface area (Å²) < 4.78 is 25.7. The Hall–Kier alpha value is -3.38.